The predicted molar refractivity (Wildman–Crippen MR) is 107 cm³/mol. The van der Waals surface area contributed by atoms with Crippen molar-refractivity contribution in [3.63, 3.8) is 0 Å². The molecule has 0 atom stereocenters. The van der Waals surface area contributed by atoms with Gasteiger partial charge in [-0.15, -0.1) is 0 Å². The quantitative estimate of drug-likeness (QED) is 0.740. The fourth-order valence-corrected chi connectivity index (χ4v) is 6.29. The highest BCUT2D eigenvalue weighted by atomic mass is 35.5. The van der Waals surface area contributed by atoms with Gasteiger partial charge in [0.25, 0.3) is 0 Å². The number of hydrogen-bond donors (Lipinski definition) is 0. The normalized spacial score (nSPS) is 21.4. The summed E-state index contributed by atoms with van der Waals surface area (Å²) in [5.41, 5.74) is -0.00348. The topological polar surface area (TPSA) is 63.4 Å². The first-order valence-electron chi connectivity index (χ1n) is 10.2. The van der Waals surface area contributed by atoms with E-state index in [1.807, 2.05) is 20.8 Å². The Balaban J connectivity index is 1.72. The molecule has 27 heavy (non-hydrogen) atoms. The van der Waals surface area contributed by atoms with Crippen molar-refractivity contribution in [3.8, 4) is 0 Å². The Morgan fingerprint density at radius 1 is 1.26 bits per heavy atom. The van der Waals surface area contributed by atoms with Gasteiger partial charge in [-0.25, -0.2) is 13.4 Å². The Labute approximate surface area is 167 Å². The van der Waals surface area contributed by atoms with Crippen molar-refractivity contribution in [1.29, 1.82) is 0 Å². The minimum Gasteiger partial charge on any atom is -0.439 e. The van der Waals surface area contributed by atoms with Crippen molar-refractivity contribution in [2.75, 3.05) is 13.1 Å². The van der Waals surface area contributed by atoms with E-state index in [9.17, 15) is 8.42 Å². The van der Waals surface area contributed by atoms with Gasteiger partial charge < -0.3 is 9.32 Å². The minimum atomic E-state index is -3.68. The van der Waals surface area contributed by atoms with E-state index in [4.69, 9.17) is 17.4 Å². The van der Waals surface area contributed by atoms with Gasteiger partial charge in [0.1, 0.15) is 10.4 Å². The molecule has 0 amide bonds. The third-order valence-corrected chi connectivity index (χ3v) is 8.55. The van der Waals surface area contributed by atoms with Crippen LogP contribution in [0.15, 0.2) is 21.4 Å². The molecule has 1 saturated heterocycles. The molecule has 5 nitrogen and oxygen atoms in total. The van der Waals surface area contributed by atoms with Crippen LogP contribution in [-0.4, -0.2) is 42.7 Å². The molecule has 1 saturated carbocycles. The molecule has 4 rings (SSSR count). The van der Waals surface area contributed by atoms with Gasteiger partial charge in [-0.1, -0.05) is 38.8 Å². The number of sulfone groups is 1. The van der Waals surface area contributed by atoms with Gasteiger partial charge in [0, 0.05) is 11.5 Å². The Morgan fingerprint density at radius 3 is 2.48 bits per heavy atom. The van der Waals surface area contributed by atoms with Gasteiger partial charge in [0.15, 0.2) is 15.4 Å². The number of fused-ring (bicyclic) bond motifs is 1. The summed E-state index contributed by atoms with van der Waals surface area (Å²) >= 11 is 6.35. The molecule has 2 aromatic rings. The number of nitrogens with zero attached hydrogens (tertiary/aromatic N) is 2. The second-order valence-corrected chi connectivity index (χ2v) is 11.3. The average Bonchev–Trinajstić information content (AvgIpc) is 2.99. The molecule has 1 aromatic heterocycles. The number of rotatable bonds is 3. The first kappa shape index (κ1) is 18.0. The molecule has 2 fully saturated rings. The summed E-state index contributed by atoms with van der Waals surface area (Å²) in [6.45, 7) is 7.42. The molecule has 0 spiro atoms. The molecular formula is C20H27ClN2O3S. The van der Waals surface area contributed by atoms with E-state index in [0.29, 0.717) is 24.8 Å². The molecule has 2 heterocycles. The standard InChI is InChI=1S/C20H27ClN2O3S/c1-20(2,3)19-22-16-8-7-15(21)18(17(16)26-19)27(24,25)14-9-11-23(12-10-14)13-5-4-6-13/h7-8,13-14H,4-6,9-12H2,1-3H3/i8D. The number of likely N-dealkylation sites (tertiary alicyclic amines) is 1. The average molecular weight is 412 g/mol. The maximum Gasteiger partial charge on any atom is 0.200 e. The SMILES string of the molecule is [2H]c1cc(Cl)c(S(=O)(=O)C2CCN(C3CCC3)CC2)c2oc(C(C)(C)C)nc12. The van der Waals surface area contributed by atoms with E-state index in [2.05, 4.69) is 9.88 Å². The largest absolute Gasteiger partial charge is 0.439 e. The summed E-state index contributed by atoms with van der Waals surface area (Å²) in [4.78, 5) is 6.84. The predicted octanol–water partition coefficient (Wildman–Crippen LogP) is 4.57. The number of benzene rings is 1. The second-order valence-electron chi connectivity index (χ2n) is 8.78. The Kier molecular flexibility index (Phi) is 4.49. The molecule has 0 unspecified atom stereocenters. The van der Waals surface area contributed by atoms with Gasteiger partial charge in [0.05, 0.1) is 11.6 Å². The zero-order valence-corrected chi connectivity index (χ0v) is 17.7. The van der Waals surface area contributed by atoms with Crippen molar-refractivity contribution in [1.82, 2.24) is 9.88 Å². The fourth-order valence-electron chi connectivity index (χ4n) is 3.93. The van der Waals surface area contributed by atoms with Crippen molar-refractivity contribution < 1.29 is 14.2 Å². The maximum absolute atomic E-state index is 13.5. The molecule has 1 aliphatic carbocycles. The number of aromatic nitrogens is 1. The van der Waals surface area contributed by atoms with Crippen molar-refractivity contribution >= 4 is 32.5 Å². The Bertz CT molecular complexity index is 1000. The van der Waals surface area contributed by atoms with Crippen LogP contribution >= 0.6 is 11.6 Å². The summed E-state index contributed by atoms with van der Waals surface area (Å²) in [7, 11) is -3.68. The van der Waals surface area contributed by atoms with Gasteiger partial charge >= 0.3 is 0 Å². The van der Waals surface area contributed by atoms with Crippen LogP contribution in [0.4, 0.5) is 0 Å². The van der Waals surface area contributed by atoms with Gasteiger partial charge in [-0.3, -0.25) is 0 Å². The van der Waals surface area contributed by atoms with E-state index >= 15 is 0 Å². The summed E-state index contributed by atoms with van der Waals surface area (Å²) in [5, 5.41) is -0.431. The van der Waals surface area contributed by atoms with Gasteiger partial charge in [-0.05, 0) is 50.9 Å². The third kappa shape index (κ3) is 3.40. The van der Waals surface area contributed by atoms with E-state index in [1.54, 1.807) is 0 Å². The molecule has 148 valence electrons. The van der Waals surface area contributed by atoms with Gasteiger partial charge in [0.2, 0.25) is 5.89 Å². The monoisotopic (exact) mass is 411 g/mol. The van der Waals surface area contributed by atoms with Crippen LogP contribution in [0.5, 0.6) is 0 Å². The second kappa shape index (κ2) is 6.75. The molecule has 0 N–H and O–H groups in total. The first-order valence-corrected chi connectivity index (χ1v) is 11.6. The van der Waals surface area contributed by atoms with E-state index in [1.165, 1.54) is 25.3 Å². The van der Waals surface area contributed by atoms with E-state index in [-0.39, 0.29) is 27.1 Å². The summed E-state index contributed by atoms with van der Waals surface area (Å²) in [5.74, 6) is 0.412. The highest BCUT2D eigenvalue weighted by Crippen LogP contribution is 2.38. The molecular weight excluding hydrogens is 384 g/mol. The van der Waals surface area contributed by atoms with Crippen molar-refractivity contribution in [2.24, 2.45) is 0 Å². The van der Waals surface area contributed by atoms with E-state index < -0.39 is 20.5 Å². The van der Waals surface area contributed by atoms with Crippen LogP contribution in [0.2, 0.25) is 5.02 Å². The zero-order chi connectivity index (χ0) is 20.3. The van der Waals surface area contributed by atoms with Crippen LogP contribution in [0, 0.1) is 0 Å². The minimum absolute atomic E-state index is 0.00487. The lowest BCUT2D eigenvalue weighted by molar-refractivity contribution is 0.106. The number of oxazole rings is 1. The summed E-state index contributed by atoms with van der Waals surface area (Å²) in [6, 6.07) is 2.08. The third-order valence-electron chi connectivity index (χ3n) is 5.82. The van der Waals surface area contributed by atoms with Gasteiger partial charge in [-0.2, -0.15) is 0 Å². The lowest BCUT2D eigenvalue weighted by Crippen LogP contribution is -2.47. The van der Waals surface area contributed by atoms with Crippen LogP contribution in [0.3, 0.4) is 0 Å². The molecule has 7 heteroatoms. The zero-order valence-electron chi connectivity index (χ0n) is 17.1. The van der Waals surface area contributed by atoms with Crippen LogP contribution in [-0.2, 0) is 15.3 Å². The number of piperidine rings is 1. The summed E-state index contributed by atoms with van der Waals surface area (Å²) < 4.78 is 41.0. The molecule has 0 radical (unpaired) electrons. The molecule has 0 bridgehead atoms. The highest BCUT2D eigenvalue weighted by molar-refractivity contribution is 7.92. The highest BCUT2D eigenvalue weighted by Gasteiger charge is 2.38. The van der Waals surface area contributed by atoms with E-state index in [0.717, 1.165) is 13.1 Å². The molecule has 1 aromatic carbocycles. The lowest BCUT2D eigenvalue weighted by Gasteiger charge is -2.41. The molecule has 1 aliphatic heterocycles. The van der Waals surface area contributed by atoms with Crippen LogP contribution in [0.25, 0.3) is 11.1 Å². The van der Waals surface area contributed by atoms with Crippen molar-refractivity contribution in [3.05, 3.63) is 23.0 Å². The maximum atomic E-state index is 13.5. The molecule has 2 aliphatic rings. The summed E-state index contributed by atoms with van der Waals surface area (Å²) in [6.07, 6.45) is 4.92. The number of halogens is 1. The number of hydrogen-bond acceptors (Lipinski definition) is 5. The fraction of sp³-hybridized carbons (Fsp3) is 0.650. The van der Waals surface area contributed by atoms with Crippen LogP contribution in [0.1, 0.15) is 60.1 Å². The van der Waals surface area contributed by atoms with Crippen LogP contribution < -0.4 is 0 Å². The Hall–Kier alpha value is -1.11. The smallest absolute Gasteiger partial charge is 0.200 e. The Morgan fingerprint density at radius 2 is 1.93 bits per heavy atom. The van der Waals surface area contributed by atoms with Crippen molar-refractivity contribution in [2.45, 2.75) is 74.5 Å². The lowest BCUT2D eigenvalue weighted by atomic mass is 9.90. The first-order chi connectivity index (χ1) is 13.1.